The molecule has 2 aromatic carbocycles. The summed E-state index contributed by atoms with van der Waals surface area (Å²) < 4.78 is 28.0. The Kier molecular flexibility index (Phi) is 5.50. The Morgan fingerprint density at radius 2 is 1.86 bits per heavy atom. The van der Waals surface area contributed by atoms with Crippen LogP contribution in [0.4, 0.5) is 17.1 Å². The van der Waals surface area contributed by atoms with E-state index in [0.717, 1.165) is 17.2 Å². The van der Waals surface area contributed by atoms with E-state index in [1.807, 2.05) is 13.0 Å². The Bertz CT molecular complexity index is 1150. The average molecular weight is 416 g/mol. The first-order valence-electron chi connectivity index (χ1n) is 8.67. The molecule has 1 atom stereocenters. The molecule has 0 saturated heterocycles. The van der Waals surface area contributed by atoms with Crippen molar-refractivity contribution in [1.82, 2.24) is 15.2 Å². The van der Waals surface area contributed by atoms with Crippen LogP contribution in [0.3, 0.4) is 0 Å². The van der Waals surface area contributed by atoms with Crippen LogP contribution in [0.5, 0.6) is 0 Å². The number of nitrogens with one attached hydrogen (secondary N) is 3. The maximum Gasteiger partial charge on any atom is 0.293 e. The van der Waals surface area contributed by atoms with Crippen molar-refractivity contribution in [3.8, 4) is 0 Å². The third-order valence-electron chi connectivity index (χ3n) is 4.32. The molecule has 1 aromatic heterocycles. The number of aromatic nitrogens is 3. The number of nitro groups is 1. The molecule has 152 valence electrons. The first kappa shape index (κ1) is 20.3. The first-order chi connectivity index (χ1) is 13.7. The fourth-order valence-electron chi connectivity index (χ4n) is 2.81. The van der Waals surface area contributed by atoms with Gasteiger partial charge in [-0.25, -0.2) is 13.4 Å². The lowest BCUT2D eigenvalue weighted by Crippen LogP contribution is -2.15. The summed E-state index contributed by atoms with van der Waals surface area (Å²) in [6, 6.07) is 8.60. The second-order valence-corrected chi connectivity index (χ2v) is 8.28. The highest BCUT2D eigenvalue weighted by Gasteiger charge is 2.23. The zero-order valence-electron chi connectivity index (χ0n) is 16.0. The molecule has 0 amide bonds. The van der Waals surface area contributed by atoms with Crippen LogP contribution in [0.25, 0.3) is 0 Å². The van der Waals surface area contributed by atoms with E-state index in [1.165, 1.54) is 18.5 Å². The minimum atomic E-state index is -4.00. The van der Waals surface area contributed by atoms with Gasteiger partial charge in [-0.05, 0) is 44.5 Å². The number of hydrogen-bond acceptors (Lipinski definition) is 7. The van der Waals surface area contributed by atoms with Crippen molar-refractivity contribution in [2.24, 2.45) is 0 Å². The smallest absolute Gasteiger partial charge is 0.293 e. The Balaban J connectivity index is 1.91. The van der Waals surface area contributed by atoms with Crippen molar-refractivity contribution in [3.05, 3.63) is 69.8 Å². The zero-order chi connectivity index (χ0) is 21.2. The highest BCUT2D eigenvalue weighted by atomic mass is 32.2. The fraction of sp³-hybridized carbons (Fsp3) is 0.222. The van der Waals surface area contributed by atoms with Crippen LogP contribution >= 0.6 is 0 Å². The first-order valence-corrected chi connectivity index (χ1v) is 10.2. The normalized spacial score (nSPS) is 12.4. The summed E-state index contributed by atoms with van der Waals surface area (Å²) >= 11 is 0. The molecule has 3 N–H and O–H groups in total. The van der Waals surface area contributed by atoms with Crippen molar-refractivity contribution in [2.45, 2.75) is 31.7 Å². The van der Waals surface area contributed by atoms with E-state index in [4.69, 9.17) is 0 Å². The van der Waals surface area contributed by atoms with Crippen molar-refractivity contribution < 1.29 is 13.3 Å². The third kappa shape index (κ3) is 4.51. The van der Waals surface area contributed by atoms with E-state index < -0.39 is 21.0 Å². The Hall–Kier alpha value is -3.47. The lowest BCUT2D eigenvalue weighted by molar-refractivity contribution is -0.384. The second-order valence-electron chi connectivity index (χ2n) is 6.60. The summed E-state index contributed by atoms with van der Waals surface area (Å²) in [7, 11) is -4.00. The average Bonchev–Trinajstić information content (AvgIpc) is 3.19. The molecule has 0 fully saturated rings. The molecule has 0 unspecified atom stereocenters. The van der Waals surface area contributed by atoms with Crippen molar-refractivity contribution in [3.63, 3.8) is 0 Å². The third-order valence-corrected chi connectivity index (χ3v) is 5.68. The van der Waals surface area contributed by atoms with Crippen LogP contribution in [-0.2, 0) is 10.0 Å². The summed E-state index contributed by atoms with van der Waals surface area (Å²) in [5.74, 6) is 0.493. The number of aromatic amines is 1. The van der Waals surface area contributed by atoms with Crippen LogP contribution in [0, 0.1) is 24.0 Å². The number of rotatable bonds is 7. The van der Waals surface area contributed by atoms with Crippen LogP contribution < -0.4 is 10.0 Å². The molecule has 0 bridgehead atoms. The van der Waals surface area contributed by atoms with Gasteiger partial charge in [0, 0.05) is 6.07 Å². The van der Waals surface area contributed by atoms with Crippen molar-refractivity contribution >= 4 is 27.1 Å². The highest BCUT2D eigenvalue weighted by molar-refractivity contribution is 7.92. The van der Waals surface area contributed by atoms with Crippen LogP contribution in [-0.4, -0.2) is 28.5 Å². The highest BCUT2D eigenvalue weighted by Crippen LogP contribution is 2.31. The molecule has 10 nitrogen and oxygen atoms in total. The Labute approximate surface area is 167 Å². The molecule has 0 aliphatic heterocycles. The van der Waals surface area contributed by atoms with Crippen molar-refractivity contribution in [2.75, 3.05) is 10.0 Å². The molecule has 3 rings (SSSR count). The van der Waals surface area contributed by atoms with Gasteiger partial charge in [-0.15, -0.1) is 0 Å². The van der Waals surface area contributed by atoms with Gasteiger partial charge in [0.15, 0.2) is 0 Å². The molecule has 1 heterocycles. The maximum absolute atomic E-state index is 12.8. The molecule has 0 aliphatic carbocycles. The summed E-state index contributed by atoms with van der Waals surface area (Å²) in [5, 5.41) is 20.9. The summed E-state index contributed by atoms with van der Waals surface area (Å²) in [6.07, 6.45) is 1.33. The summed E-state index contributed by atoms with van der Waals surface area (Å²) in [4.78, 5) is 14.7. The molecule has 0 radical (unpaired) electrons. The number of anilines is 2. The van der Waals surface area contributed by atoms with E-state index in [1.54, 1.807) is 26.0 Å². The second kappa shape index (κ2) is 7.87. The van der Waals surface area contributed by atoms with Crippen LogP contribution in [0.1, 0.15) is 29.9 Å². The number of aryl methyl sites for hydroxylation is 2. The number of nitro benzene ring substituents is 1. The number of nitrogens with zero attached hydrogens (tertiary/aromatic N) is 3. The number of H-pyrrole nitrogens is 1. The summed E-state index contributed by atoms with van der Waals surface area (Å²) in [6.45, 7) is 5.43. The largest absolute Gasteiger partial charge is 0.370 e. The van der Waals surface area contributed by atoms with E-state index >= 15 is 0 Å². The van der Waals surface area contributed by atoms with Gasteiger partial charge >= 0.3 is 0 Å². The van der Waals surface area contributed by atoms with Gasteiger partial charge in [0.1, 0.15) is 17.8 Å². The molecular formula is C18H20N6O4S. The SMILES string of the molecule is Cc1ccc(NS(=O)(=O)c2ccc(N[C@H](C)c3ncn[nH]3)c([N+](=O)[O-])c2)c(C)c1. The number of sulfonamides is 1. The van der Waals surface area contributed by atoms with Gasteiger partial charge in [0.05, 0.1) is 21.5 Å². The molecule has 0 aliphatic rings. The zero-order valence-corrected chi connectivity index (χ0v) is 16.8. The van der Waals surface area contributed by atoms with Gasteiger partial charge in [-0.1, -0.05) is 17.7 Å². The van der Waals surface area contributed by atoms with Gasteiger partial charge in [-0.2, -0.15) is 5.10 Å². The van der Waals surface area contributed by atoms with Gasteiger partial charge in [0.2, 0.25) is 0 Å². The topological polar surface area (TPSA) is 143 Å². The van der Waals surface area contributed by atoms with E-state index in [-0.39, 0.29) is 16.3 Å². The van der Waals surface area contributed by atoms with Crippen LogP contribution in [0.15, 0.2) is 47.6 Å². The van der Waals surface area contributed by atoms with Gasteiger partial charge < -0.3 is 5.32 Å². The molecule has 29 heavy (non-hydrogen) atoms. The van der Waals surface area contributed by atoms with E-state index in [9.17, 15) is 18.5 Å². The minimum absolute atomic E-state index is 0.171. The van der Waals surface area contributed by atoms with Crippen molar-refractivity contribution in [1.29, 1.82) is 0 Å². The van der Waals surface area contributed by atoms with E-state index in [0.29, 0.717) is 11.5 Å². The quantitative estimate of drug-likeness (QED) is 0.396. The standard InChI is InChI=1S/C18H20N6O4S/c1-11-4-6-15(12(2)8-11)23-29(27,28)14-5-7-16(17(9-14)24(25)26)21-13(3)18-19-10-20-22-18/h4-10,13,21,23H,1-3H3,(H,19,20,22)/t13-/m1/s1. The Morgan fingerprint density at radius 1 is 1.14 bits per heavy atom. The Morgan fingerprint density at radius 3 is 2.48 bits per heavy atom. The number of benzene rings is 2. The molecule has 11 heteroatoms. The predicted molar refractivity (Wildman–Crippen MR) is 108 cm³/mol. The minimum Gasteiger partial charge on any atom is -0.370 e. The molecular weight excluding hydrogens is 396 g/mol. The molecule has 0 saturated carbocycles. The van der Waals surface area contributed by atoms with E-state index in [2.05, 4.69) is 25.2 Å². The number of hydrogen-bond donors (Lipinski definition) is 3. The lowest BCUT2D eigenvalue weighted by atomic mass is 10.1. The molecule has 0 spiro atoms. The van der Waals surface area contributed by atoms with Gasteiger partial charge in [-0.3, -0.25) is 19.9 Å². The predicted octanol–water partition coefficient (Wildman–Crippen LogP) is 3.30. The summed E-state index contributed by atoms with van der Waals surface area (Å²) in [5.41, 5.74) is 1.98. The fourth-order valence-corrected chi connectivity index (χ4v) is 3.96. The maximum atomic E-state index is 12.8. The van der Waals surface area contributed by atoms with Crippen LogP contribution in [0.2, 0.25) is 0 Å². The molecule has 3 aromatic rings. The monoisotopic (exact) mass is 416 g/mol. The van der Waals surface area contributed by atoms with Gasteiger partial charge in [0.25, 0.3) is 15.7 Å². The lowest BCUT2D eigenvalue weighted by Gasteiger charge is -2.14.